The van der Waals surface area contributed by atoms with Crippen molar-refractivity contribution in [1.82, 2.24) is 4.90 Å². The number of amides is 3. The van der Waals surface area contributed by atoms with Crippen molar-refractivity contribution in [3.05, 3.63) is 64.6 Å². The van der Waals surface area contributed by atoms with E-state index in [1.54, 1.807) is 37.5 Å². The lowest BCUT2D eigenvalue weighted by molar-refractivity contribution is -0.127. The second-order valence-corrected chi connectivity index (χ2v) is 6.97. The lowest BCUT2D eigenvalue weighted by Gasteiger charge is -2.12. The van der Waals surface area contributed by atoms with Gasteiger partial charge in [-0.3, -0.25) is 19.3 Å². The summed E-state index contributed by atoms with van der Waals surface area (Å²) in [6.45, 7) is -0.470. The van der Waals surface area contributed by atoms with Gasteiger partial charge in [-0.25, -0.2) is 4.79 Å². The number of thioether (sulfide) groups is 1. The van der Waals surface area contributed by atoms with E-state index in [1.807, 2.05) is 0 Å². The van der Waals surface area contributed by atoms with Gasteiger partial charge in [-0.15, -0.1) is 0 Å². The number of anilines is 1. The van der Waals surface area contributed by atoms with Crippen molar-refractivity contribution in [3.63, 3.8) is 0 Å². The van der Waals surface area contributed by atoms with Crippen LogP contribution in [-0.2, 0) is 9.59 Å². The van der Waals surface area contributed by atoms with Crippen LogP contribution in [0.15, 0.2) is 53.4 Å². The molecule has 0 aliphatic carbocycles. The normalized spacial score (nSPS) is 14.9. The Morgan fingerprint density at radius 2 is 1.90 bits per heavy atom. The van der Waals surface area contributed by atoms with Crippen LogP contribution in [-0.4, -0.2) is 46.7 Å². The standard InChI is InChI=1S/C20H16N2O6S/c1-28-15-7-5-12(6-8-15)9-16-18(24)22(20(27)29-16)11-17(23)21-14-4-2-3-13(10-14)19(25)26/h2-10H,11H2,1H3,(H,21,23)(H,25,26)/b16-9-. The summed E-state index contributed by atoms with van der Waals surface area (Å²) in [4.78, 5) is 49.0. The minimum absolute atomic E-state index is 0.0105. The number of carboxylic acid groups (broad SMARTS) is 1. The number of carbonyl (C=O) groups is 4. The van der Waals surface area contributed by atoms with Gasteiger partial charge in [0.05, 0.1) is 17.6 Å². The van der Waals surface area contributed by atoms with E-state index in [1.165, 1.54) is 24.3 Å². The fraction of sp³-hybridized carbons (Fsp3) is 0.100. The SMILES string of the molecule is COc1ccc(/C=C2\SC(=O)N(CC(=O)Nc3cccc(C(=O)O)c3)C2=O)cc1. The molecule has 0 saturated carbocycles. The Labute approximate surface area is 170 Å². The van der Waals surface area contributed by atoms with Gasteiger partial charge < -0.3 is 15.2 Å². The zero-order chi connectivity index (χ0) is 21.0. The molecule has 1 heterocycles. The van der Waals surface area contributed by atoms with E-state index in [0.717, 1.165) is 16.7 Å². The van der Waals surface area contributed by atoms with Crippen LogP contribution >= 0.6 is 11.8 Å². The smallest absolute Gasteiger partial charge is 0.335 e. The Morgan fingerprint density at radius 1 is 1.17 bits per heavy atom. The van der Waals surface area contributed by atoms with E-state index in [-0.39, 0.29) is 16.2 Å². The number of hydrogen-bond acceptors (Lipinski definition) is 6. The van der Waals surface area contributed by atoms with Crippen molar-refractivity contribution < 1.29 is 29.0 Å². The first-order valence-electron chi connectivity index (χ1n) is 8.40. The minimum atomic E-state index is -1.13. The number of nitrogens with zero attached hydrogens (tertiary/aromatic N) is 1. The van der Waals surface area contributed by atoms with Crippen LogP contribution in [0.2, 0.25) is 0 Å². The van der Waals surface area contributed by atoms with Crippen LogP contribution in [0, 0.1) is 0 Å². The van der Waals surface area contributed by atoms with Gasteiger partial charge in [-0.1, -0.05) is 18.2 Å². The predicted molar refractivity (Wildman–Crippen MR) is 108 cm³/mol. The van der Waals surface area contributed by atoms with Crippen LogP contribution in [0.1, 0.15) is 15.9 Å². The molecule has 148 valence electrons. The fourth-order valence-electron chi connectivity index (χ4n) is 2.56. The highest BCUT2D eigenvalue weighted by Gasteiger charge is 2.36. The van der Waals surface area contributed by atoms with Crippen molar-refractivity contribution >= 4 is 46.5 Å². The molecule has 0 aromatic heterocycles. The Balaban J connectivity index is 1.68. The molecule has 1 aliphatic heterocycles. The highest BCUT2D eigenvalue weighted by molar-refractivity contribution is 8.18. The number of carbonyl (C=O) groups excluding carboxylic acids is 3. The van der Waals surface area contributed by atoms with Gasteiger partial charge in [0, 0.05) is 5.69 Å². The number of imide groups is 1. The molecule has 0 radical (unpaired) electrons. The van der Waals surface area contributed by atoms with Crippen LogP contribution in [0.5, 0.6) is 5.75 Å². The molecule has 9 heteroatoms. The van der Waals surface area contributed by atoms with Crippen molar-refractivity contribution in [1.29, 1.82) is 0 Å². The Bertz CT molecular complexity index is 1020. The third-order valence-corrected chi connectivity index (χ3v) is 4.89. The average Bonchev–Trinajstić information content (AvgIpc) is 2.96. The molecular weight excluding hydrogens is 396 g/mol. The van der Waals surface area contributed by atoms with Gasteiger partial charge in [-0.05, 0) is 53.7 Å². The number of aromatic carboxylic acids is 1. The number of carboxylic acids is 1. The predicted octanol–water partition coefficient (Wildman–Crippen LogP) is 3.07. The molecule has 2 aromatic carbocycles. The second-order valence-electron chi connectivity index (χ2n) is 5.98. The summed E-state index contributed by atoms with van der Waals surface area (Å²) in [6.07, 6.45) is 1.57. The van der Waals surface area contributed by atoms with Crippen LogP contribution in [0.3, 0.4) is 0 Å². The van der Waals surface area contributed by atoms with Crippen molar-refractivity contribution in [3.8, 4) is 5.75 Å². The van der Waals surface area contributed by atoms with E-state index in [4.69, 9.17) is 9.84 Å². The first-order chi connectivity index (χ1) is 13.9. The van der Waals surface area contributed by atoms with E-state index >= 15 is 0 Å². The monoisotopic (exact) mass is 412 g/mol. The zero-order valence-corrected chi connectivity index (χ0v) is 16.1. The van der Waals surface area contributed by atoms with Gasteiger partial charge in [0.15, 0.2) is 0 Å². The average molecular weight is 412 g/mol. The highest BCUT2D eigenvalue weighted by Crippen LogP contribution is 2.32. The van der Waals surface area contributed by atoms with Gasteiger partial charge in [0.2, 0.25) is 5.91 Å². The maximum Gasteiger partial charge on any atom is 0.335 e. The number of rotatable bonds is 6. The molecule has 2 N–H and O–H groups in total. The van der Waals surface area contributed by atoms with Crippen LogP contribution in [0.25, 0.3) is 6.08 Å². The highest BCUT2D eigenvalue weighted by atomic mass is 32.2. The van der Waals surface area contributed by atoms with E-state index in [0.29, 0.717) is 11.3 Å². The number of nitrogens with one attached hydrogen (secondary N) is 1. The Morgan fingerprint density at radius 3 is 2.55 bits per heavy atom. The van der Waals surface area contributed by atoms with Gasteiger partial charge in [-0.2, -0.15) is 0 Å². The lowest BCUT2D eigenvalue weighted by Crippen LogP contribution is -2.36. The third kappa shape index (κ3) is 4.82. The minimum Gasteiger partial charge on any atom is -0.497 e. The van der Waals surface area contributed by atoms with Gasteiger partial charge in [0.1, 0.15) is 12.3 Å². The van der Waals surface area contributed by atoms with Crippen molar-refractivity contribution in [2.24, 2.45) is 0 Å². The molecule has 0 unspecified atom stereocenters. The van der Waals surface area contributed by atoms with Crippen molar-refractivity contribution in [2.45, 2.75) is 0 Å². The molecule has 8 nitrogen and oxygen atoms in total. The van der Waals surface area contributed by atoms with E-state index in [9.17, 15) is 19.2 Å². The first kappa shape index (κ1) is 20.2. The third-order valence-electron chi connectivity index (χ3n) is 3.98. The number of hydrogen-bond donors (Lipinski definition) is 2. The van der Waals surface area contributed by atoms with E-state index in [2.05, 4.69) is 5.32 Å². The lowest BCUT2D eigenvalue weighted by atomic mass is 10.2. The molecule has 3 rings (SSSR count). The molecule has 3 amide bonds. The maximum absolute atomic E-state index is 12.5. The summed E-state index contributed by atoms with van der Waals surface area (Å²) < 4.78 is 5.08. The summed E-state index contributed by atoms with van der Waals surface area (Å²) in [5.41, 5.74) is 0.985. The van der Waals surface area contributed by atoms with Gasteiger partial charge >= 0.3 is 5.97 Å². The molecule has 1 saturated heterocycles. The molecule has 0 bridgehead atoms. The summed E-state index contributed by atoms with van der Waals surface area (Å²) in [7, 11) is 1.54. The quantitative estimate of drug-likeness (QED) is 0.701. The van der Waals surface area contributed by atoms with E-state index < -0.39 is 29.6 Å². The Kier molecular flexibility index (Phi) is 5.99. The topological polar surface area (TPSA) is 113 Å². The molecule has 0 spiro atoms. The molecular formula is C20H16N2O6S. The summed E-state index contributed by atoms with van der Waals surface area (Å²) in [5.74, 6) is -1.64. The molecule has 1 aliphatic rings. The van der Waals surface area contributed by atoms with Crippen LogP contribution < -0.4 is 10.1 Å². The van der Waals surface area contributed by atoms with Crippen LogP contribution in [0.4, 0.5) is 10.5 Å². The number of methoxy groups -OCH3 is 1. The molecule has 0 atom stereocenters. The molecule has 29 heavy (non-hydrogen) atoms. The number of ether oxygens (including phenoxy) is 1. The molecule has 1 fully saturated rings. The number of benzene rings is 2. The Hall–Kier alpha value is -3.59. The van der Waals surface area contributed by atoms with Gasteiger partial charge in [0.25, 0.3) is 11.1 Å². The zero-order valence-electron chi connectivity index (χ0n) is 15.2. The fourth-order valence-corrected chi connectivity index (χ4v) is 3.40. The largest absolute Gasteiger partial charge is 0.497 e. The summed E-state index contributed by atoms with van der Waals surface area (Å²) >= 11 is 0.751. The maximum atomic E-state index is 12.5. The summed E-state index contributed by atoms with van der Waals surface area (Å²) in [6, 6.07) is 12.6. The first-order valence-corrected chi connectivity index (χ1v) is 9.21. The summed E-state index contributed by atoms with van der Waals surface area (Å²) in [5, 5.41) is 10.9. The van der Waals surface area contributed by atoms with Crippen molar-refractivity contribution in [2.75, 3.05) is 19.0 Å². The second kappa shape index (κ2) is 8.61. The molecule has 2 aromatic rings.